The largest absolute Gasteiger partial charge is 0.341 e. The Hall–Kier alpha value is -3.01. The van der Waals surface area contributed by atoms with Crippen LogP contribution < -0.4 is 15.5 Å². The van der Waals surface area contributed by atoms with Crippen LogP contribution in [0.1, 0.15) is 54.2 Å². The number of nitrogens with zero attached hydrogens (tertiary/aromatic N) is 4. The van der Waals surface area contributed by atoms with Gasteiger partial charge in [-0.3, -0.25) is 19.8 Å². The van der Waals surface area contributed by atoms with Gasteiger partial charge in [-0.15, -0.1) is 0 Å². The standard InChI is InChI=1S/C22H26N6O3S/c1-11-18(32-22(24-11)26-21(31)23-3)15-9-14-10-28(12(2)13-6-7-13)20(30)17(14)19(25-15)27-8-4-5-16(27)29/h9,12-13H,4-8,10H2,1-3H3,(H2,23,24,26,31)/t12-/m0/s1. The summed E-state index contributed by atoms with van der Waals surface area (Å²) in [5, 5.41) is 5.69. The summed E-state index contributed by atoms with van der Waals surface area (Å²) >= 11 is 1.33. The number of aryl methyl sites for hydroxylation is 1. The smallest absolute Gasteiger partial charge is 0.320 e. The van der Waals surface area contributed by atoms with Gasteiger partial charge < -0.3 is 10.2 Å². The van der Waals surface area contributed by atoms with Crippen LogP contribution in [-0.2, 0) is 11.3 Å². The molecular formula is C22H26N6O3S. The van der Waals surface area contributed by atoms with E-state index in [1.807, 2.05) is 17.9 Å². The minimum atomic E-state index is -0.342. The predicted octanol–water partition coefficient (Wildman–Crippen LogP) is 3.15. The van der Waals surface area contributed by atoms with Gasteiger partial charge in [-0.25, -0.2) is 14.8 Å². The Balaban J connectivity index is 1.58. The second-order valence-corrected chi connectivity index (χ2v) is 9.66. The molecule has 4 heterocycles. The van der Waals surface area contributed by atoms with Gasteiger partial charge in [0.25, 0.3) is 5.91 Å². The van der Waals surface area contributed by atoms with E-state index in [1.165, 1.54) is 11.3 Å². The van der Waals surface area contributed by atoms with E-state index < -0.39 is 0 Å². The van der Waals surface area contributed by atoms with E-state index in [-0.39, 0.29) is 23.9 Å². The number of aromatic nitrogens is 2. The van der Waals surface area contributed by atoms with Gasteiger partial charge in [0.05, 0.1) is 21.8 Å². The fourth-order valence-corrected chi connectivity index (χ4v) is 5.45. The molecule has 4 amide bonds. The summed E-state index contributed by atoms with van der Waals surface area (Å²) in [5.41, 5.74) is 2.87. The highest BCUT2D eigenvalue weighted by atomic mass is 32.1. The maximum absolute atomic E-state index is 13.4. The fourth-order valence-electron chi connectivity index (χ4n) is 4.53. The Morgan fingerprint density at radius 1 is 1.28 bits per heavy atom. The number of nitrogens with one attached hydrogen (secondary N) is 2. The molecule has 0 radical (unpaired) electrons. The zero-order chi connectivity index (χ0) is 22.6. The van der Waals surface area contributed by atoms with Gasteiger partial charge in [-0.05, 0) is 50.7 Å². The van der Waals surface area contributed by atoms with Gasteiger partial charge in [0.15, 0.2) is 5.13 Å². The molecule has 1 saturated carbocycles. The minimum absolute atomic E-state index is 0.00124. The first-order chi connectivity index (χ1) is 15.4. The molecule has 2 fully saturated rings. The Morgan fingerprint density at radius 2 is 2.06 bits per heavy atom. The molecule has 2 aromatic heterocycles. The van der Waals surface area contributed by atoms with Crippen molar-refractivity contribution in [1.29, 1.82) is 0 Å². The van der Waals surface area contributed by atoms with Crippen molar-refractivity contribution in [3.63, 3.8) is 0 Å². The molecule has 5 rings (SSSR count). The normalized spacial score (nSPS) is 18.8. The molecular weight excluding hydrogens is 428 g/mol. The molecule has 2 N–H and O–H groups in total. The molecule has 2 aliphatic heterocycles. The molecule has 0 bridgehead atoms. The molecule has 2 aromatic rings. The summed E-state index contributed by atoms with van der Waals surface area (Å²) in [7, 11) is 1.55. The lowest BCUT2D eigenvalue weighted by atomic mass is 10.1. The van der Waals surface area contributed by atoms with Crippen LogP contribution in [0.5, 0.6) is 0 Å². The van der Waals surface area contributed by atoms with Crippen molar-refractivity contribution in [1.82, 2.24) is 20.2 Å². The molecule has 0 aromatic carbocycles. The average Bonchev–Trinajstić information content (AvgIpc) is 3.32. The molecule has 0 spiro atoms. The van der Waals surface area contributed by atoms with Gasteiger partial charge in [0.2, 0.25) is 5.91 Å². The van der Waals surface area contributed by atoms with Crippen molar-refractivity contribution < 1.29 is 14.4 Å². The first kappa shape index (κ1) is 20.9. The molecule has 32 heavy (non-hydrogen) atoms. The van der Waals surface area contributed by atoms with E-state index in [9.17, 15) is 14.4 Å². The second-order valence-electron chi connectivity index (χ2n) is 8.66. The van der Waals surface area contributed by atoms with Crippen LogP contribution >= 0.6 is 11.3 Å². The van der Waals surface area contributed by atoms with Crippen LogP contribution in [0.25, 0.3) is 10.6 Å². The lowest BCUT2D eigenvalue weighted by Gasteiger charge is -2.24. The zero-order valence-electron chi connectivity index (χ0n) is 18.4. The van der Waals surface area contributed by atoms with Crippen LogP contribution in [0, 0.1) is 12.8 Å². The van der Waals surface area contributed by atoms with Gasteiger partial charge in [-0.2, -0.15) is 0 Å². The summed E-state index contributed by atoms with van der Waals surface area (Å²) in [4.78, 5) is 51.4. The molecule has 168 valence electrons. The van der Waals surface area contributed by atoms with Crippen molar-refractivity contribution in [3.8, 4) is 10.6 Å². The number of carbonyl (C=O) groups excluding carboxylic acids is 3. The number of urea groups is 1. The zero-order valence-corrected chi connectivity index (χ0v) is 19.2. The van der Waals surface area contributed by atoms with Crippen molar-refractivity contribution in [2.45, 2.75) is 52.1 Å². The van der Waals surface area contributed by atoms with Crippen LogP contribution in [0.2, 0.25) is 0 Å². The number of carbonyl (C=O) groups is 3. The fraction of sp³-hybridized carbons (Fsp3) is 0.500. The number of hydrogen-bond donors (Lipinski definition) is 2. The van der Waals surface area contributed by atoms with E-state index >= 15 is 0 Å². The molecule has 3 aliphatic rings. The number of fused-ring (bicyclic) bond motifs is 1. The number of anilines is 2. The summed E-state index contributed by atoms with van der Waals surface area (Å²) in [6.07, 6.45) is 3.54. The Kier molecular flexibility index (Phi) is 5.11. The third-order valence-corrected chi connectivity index (χ3v) is 7.59. The highest BCUT2D eigenvalue weighted by Crippen LogP contribution is 2.42. The van der Waals surface area contributed by atoms with Gasteiger partial charge >= 0.3 is 6.03 Å². The van der Waals surface area contributed by atoms with Crippen molar-refractivity contribution >= 4 is 40.1 Å². The minimum Gasteiger partial charge on any atom is -0.341 e. The van der Waals surface area contributed by atoms with Crippen molar-refractivity contribution in [2.24, 2.45) is 5.92 Å². The number of hydrogen-bond acceptors (Lipinski definition) is 6. The van der Waals surface area contributed by atoms with Crippen molar-refractivity contribution in [2.75, 3.05) is 23.8 Å². The summed E-state index contributed by atoms with van der Waals surface area (Å²) in [5.74, 6) is 0.987. The van der Waals surface area contributed by atoms with Crippen LogP contribution in [0.4, 0.5) is 15.7 Å². The highest BCUT2D eigenvalue weighted by Gasteiger charge is 2.42. The first-order valence-electron chi connectivity index (χ1n) is 11.0. The Bertz CT molecular complexity index is 1130. The Labute approximate surface area is 190 Å². The second kappa shape index (κ2) is 7.84. The van der Waals surface area contributed by atoms with Gasteiger partial charge in [0, 0.05) is 32.6 Å². The maximum atomic E-state index is 13.4. The molecule has 1 aliphatic carbocycles. The van der Waals surface area contributed by atoms with Gasteiger partial charge in [0.1, 0.15) is 5.82 Å². The van der Waals surface area contributed by atoms with Crippen LogP contribution in [0.3, 0.4) is 0 Å². The number of amides is 4. The van der Waals surface area contributed by atoms with Crippen molar-refractivity contribution in [3.05, 3.63) is 22.9 Å². The van der Waals surface area contributed by atoms with E-state index in [1.54, 1.807) is 11.9 Å². The van der Waals surface area contributed by atoms with Gasteiger partial charge in [-0.1, -0.05) is 11.3 Å². The van der Waals surface area contributed by atoms with E-state index in [0.29, 0.717) is 47.6 Å². The molecule has 1 saturated heterocycles. The highest BCUT2D eigenvalue weighted by molar-refractivity contribution is 7.19. The molecule has 10 heteroatoms. The summed E-state index contributed by atoms with van der Waals surface area (Å²) in [6, 6.07) is 1.78. The van der Waals surface area contributed by atoms with E-state index in [4.69, 9.17) is 4.98 Å². The average molecular weight is 455 g/mol. The number of rotatable bonds is 5. The summed E-state index contributed by atoms with van der Waals surface area (Å²) < 4.78 is 0. The van der Waals surface area contributed by atoms with E-state index in [2.05, 4.69) is 22.5 Å². The summed E-state index contributed by atoms with van der Waals surface area (Å²) in [6.45, 7) is 5.07. The lowest BCUT2D eigenvalue weighted by Crippen LogP contribution is -2.35. The topological polar surface area (TPSA) is 108 Å². The first-order valence-corrected chi connectivity index (χ1v) is 11.8. The SMILES string of the molecule is CNC(=O)Nc1nc(C)c(-c2cc3c(c(N4CCCC4=O)n2)C(=O)N([C@@H](C)C2CC2)C3)s1. The maximum Gasteiger partial charge on any atom is 0.320 e. The molecule has 9 nitrogen and oxygen atoms in total. The van der Waals surface area contributed by atoms with E-state index in [0.717, 1.165) is 35.4 Å². The quantitative estimate of drug-likeness (QED) is 0.722. The van der Waals surface area contributed by atoms with Crippen LogP contribution in [0.15, 0.2) is 6.07 Å². The Morgan fingerprint density at radius 3 is 2.72 bits per heavy atom. The number of pyridine rings is 1. The third kappa shape index (κ3) is 3.52. The molecule has 0 unspecified atom stereocenters. The monoisotopic (exact) mass is 454 g/mol. The lowest BCUT2D eigenvalue weighted by molar-refractivity contribution is -0.117. The molecule has 1 atom stereocenters. The number of thiazole rings is 1. The predicted molar refractivity (Wildman–Crippen MR) is 122 cm³/mol. The third-order valence-electron chi connectivity index (χ3n) is 6.50. The van der Waals surface area contributed by atoms with Crippen LogP contribution in [-0.4, -0.2) is 52.3 Å².